The second-order valence-corrected chi connectivity index (χ2v) is 11.6. The van der Waals surface area contributed by atoms with E-state index >= 15 is 4.39 Å². The molecule has 43 heavy (non-hydrogen) atoms. The molecule has 7 rings (SSSR count). The molecule has 1 unspecified atom stereocenters. The number of aromatic nitrogens is 3. The second kappa shape index (κ2) is 10.5. The molecule has 4 aromatic rings. The van der Waals surface area contributed by atoms with E-state index in [4.69, 9.17) is 20.9 Å². The highest BCUT2D eigenvalue weighted by molar-refractivity contribution is 6.03. The molecule has 0 spiro atoms. The first-order valence-corrected chi connectivity index (χ1v) is 14.4. The molecule has 3 saturated heterocycles. The number of ether oxygens (including phenoxy) is 2. The van der Waals surface area contributed by atoms with Crippen LogP contribution in [0.4, 0.5) is 19.0 Å². The number of anilines is 1. The Bertz CT molecular complexity index is 1800. The Morgan fingerprint density at radius 2 is 2.05 bits per heavy atom. The van der Waals surface area contributed by atoms with Gasteiger partial charge in [-0.05, 0) is 49.4 Å². The number of pyridine rings is 1. The summed E-state index contributed by atoms with van der Waals surface area (Å²) in [5.41, 5.74) is -0.571. The number of fused-ring (bicyclic) bond motifs is 3. The maximum atomic E-state index is 16.6. The summed E-state index contributed by atoms with van der Waals surface area (Å²) < 4.78 is 57.4. The summed E-state index contributed by atoms with van der Waals surface area (Å²) >= 11 is 0. The van der Waals surface area contributed by atoms with Crippen molar-refractivity contribution in [3.63, 3.8) is 0 Å². The zero-order valence-electron chi connectivity index (χ0n) is 23.6. The van der Waals surface area contributed by atoms with Crippen molar-refractivity contribution in [2.24, 2.45) is 0 Å². The van der Waals surface area contributed by atoms with Crippen molar-refractivity contribution in [1.82, 2.24) is 19.9 Å². The summed E-state index contributed by atoms with van der Waals surface area (Å²) in [4.78, 5) is 17.7. The van der Waals surface area contributed by atoms with Crippen LogP contribution in [0, 0.1) is 24.0 Å². The highest BCUT2D eigenvalue weighted by atomic mass is 19.1. The number of methoxy groups -OCH3 is 1. The number of benzene rings is 2. The Labute approximate surface area is 246 Å². The van der Waals surface area contributed by atoms with E-state index in [1.54, 1.807) is 7.11 Å². The van der Waals surface area contributed by atoms with Gasteiger partial charge < -0.3 is 19.5 Å². The van der Waals surface area contributed by atoms with Crippen LogP contribution in [0.15, 0.2) is 30.5 Å². The van der Waals surface area contributed by atoms with Gasteiger partial charge >= 0.3 is 6.01 Å². The van der Waals surface area contributed by atoms with E-state index in [9.17, 15) is 13.9 Å². The quantitative estimate of drug-likeness (QED) is 0.315. The van der Waals surface area contributed by atoms with Crippen molar-refractivity contribution in [3.8, 4) is 35.4 Å². The topological polar surface area (TPSA) is 83.8 Å². The lowest BCUT2D eigenvalue weighted by atomic mass is 9.95. The highest BCUT2D eigenvalue weighted by Crippen LogP contribution is 2.42. The van der Waals surface area contributed by atoms with Crippen LogP contribution in [0.2, 0.25) is 0 Å². The van der Waals surface area contributed by atoms with Crippen LogP contribution in [0.25, 0.3) is 32.9 Å². The van der Waals surface area contributed by atoms with Gasteiger partial charge in [-0.25, -0.2) is 13.2 Å². The molecule has 0 saturated carbocycles. The van der Waals surface area contributed by atoms with Gasteiger partial charge in [-0.3, -0.25) is 9.88 Å². The minimum Gasteiger partial charge on any atom is -0.508 e. The number of rotatable bonds is 6. The van der Waals surface area contributed by atoms with E-state index in [1.807, 2.05) is 4.90 Å². The molecule has 0 amide bonds. The Balaban J connectivity index is 1.37. The fourth-order valence-corrected chi connectivity index (χ4v) is 7.03. The van der Waals surface area contributed by atoms with Crippen LogP contribution >= 0.6 is 0 Å². The highest BCUT2D eigenvalue weighted by Gasteiger charge is 2.49. The van der Waals surface area contributed by atoms with Crippen molar-refractivity contribution in [2.45, 2.75) is 43.5 Å². The number of nitrogens with zero attached hydrogens (tertiary/aromatic N) is 5. The number of aromatic hydroxyl groups is 1. The van der Waals surface area contributed by atoms with Crippen LogP contribution in [0.3, 0.4) is 0 Å². The molecule has 3 atom stereocenters. The van der Waals surface area contributed by atoms with Gasteiger partial charge in [0.2, 0.25) is 0 Å². The molecule has 5 heterocycles. The molecule has 0 bridgehead atoms. The molecule has 0 aliphatic carbocycles. The molecule has 1 N–H and O–H groups in total. The maximum Gasteiger partial charge on any atom is 0.319 e. The first-order chi connectivity index (χ1) is 20.8. The summed E-state index contributed by atoms with van der Waals surface area (Å²) in [6.07, 6.45) is 9.06. The predicted molar refractivity (Wildman–Crippen MR) is 156 cm³/mol. The third kappa shape index (κ3) is 4.60. The summed E-state index contributed by atoms with van der Waals surface area (Å²) in [6, 6.07) is 5.39. The average Bonchev–Trinajstić information content (AvgIpc) is 3.70. The SMILES string of the molecule is C#Cc1c(F)ccc2cc(O)cc(-c3ncc4c(N5CCC(OC)C5)nc(OC[C@@]56CCCN5C[C@H](F)C6)nc4c3F)c12. The van der Waals surface area contributed by atoms with E-state index in [2.05, 4.69) is 20.8 Å². The van der Waals surface area contributed by atoms with E-state index < -0.39 is 23.3 Å². The van der Waals surface area contributed by atoms with Gasteiger partial charge in [0.1, 0.15) is 41.4 Å². The molecule has 3 aliphatic rings. The van der Waals surface area contributed by atoms with Crippen LogP contribution in [0.5, 0.6) is 11.8 Å². The Hall–Kier alpha value is -4.14. The number of alkyl halides is 1. The average molecular weight is 590 g/mol. The van der Waals surface area contributed by atoms with Crippen LogP contribution in [-0.4, -0.2) is 82.7 Å². The van der Waals surface area contributed by atoms with E-state index in [0.717, 1.165) is 25.8 Å². The van der Waals surface area contributed by atoms with Crippen molar-refractivity contribution in [2.75, 3.05) is 44.8 Å². The molecule has 2 aromatic heterocycles. The number of terminal acetylenes is 1. The van der Waals surface area contributed by atoms with Gasteiger partial charge in [-0.1, -0.05) is 12.0 Å². The number of phenols is 1. The summed E-state index contributed by atoms with van der Waals surface area (Å²) in [5.74, 6) is 1.21. The third-order valence-electron chi connectivity index (χ3n) is 9.10. The molecular formula is C32H30F3N5O3. The van der Waals surface area contributed by atoms with Crippen molar-refractivity contribution >= 4 is 27.5 Å². The third-order valence-corrected chi connectivity index (χ3v) is 9.10. The monoisotopic (exact) mass is 589 g/mol. The Kier molecular flexibility index (Phi) is 6.78. The van der Waals surface area contributed by atoms with Crippen LogP contribution in [0.1, 0.15) is 31.2 Å². The summed E-state index contributed by atoms with van der Waals surface area (Å²) in [5, 5.41) is 11.5. The molecular weight excluding hydrogens is 559 g/mol. The Morgan fingerprint density at radius 3 is 2.84 bits per heavy atom. The van der Waals surface area contributed by atoms with E-state index in [1.165, 1.54) is 30.5 Å². The number of hydrogen-bond acceptors (Lipinski definition) is 8. The van der Waals surface area contributed by atoms with Gasteiger partial charge in [0.15, 0.2) is 5.82 Å². The fraction of sp³-hybridized carbons (Fsp3) is 0.406. The zero-order chi connectivity index (χ0) is 29.9. The molecule has 8 nitrogen and oxygen atoms in total. The number of hydrogen-bond donors (Lipinski definition) is 1. The first kappa shape index (κ1) is 27.7. The predicted octanol–water partition coefficient (Wildman–Crippen LogP) is 4.99. The van der Waals surface area contributed by atoms with Gasteiger partial charge in [-0.15, -0.1) is 6.42 Å². The standard InChI is InChI=1S/C32H30F3N5O3/c1-3-22-25(34)6-5-18-11-20(41)12-23(26(18)22)28-27(35)29-24(14-36-28)30(39-10-7-21(16-39)42-2)38-31(37-29)43-17-32-8-4-9-40(32)15-19(33)13-32/h1,5-6,11-12,14,19,21,41H,4,7-10,13,15-17H2,2H3/t19-,21?,32+/m1/s1. The number of halogens is 3. The van der Waals surface area contributed by atoms with E-state index in [-0.39, 0.29) is 52.2 Å². The minimum absolute atomic E-state index is 0.0203. The van der Waals surface area contributed by atoms with Crippen molar-refractivity contribution < 1.29 is 27.8 Å². The zero-order valence-corrected chi connectivity index (χ0v) is 23.6. The van der Waals surface area contributed by atoms with Gasteiger partial charge in [-0.2, -0.15) is 9.97 Å². The lowest BCUT2D eigenvalue weighted by molar-refractivity contribution is 0.107. The van der Waals surface area contributed by atoms with Crippen molar-refractivity contribution in [3.05, 3.63) is 47.7 Å². The summed E-state index contributed by atoms with van der Waals surface area (Å²) in [7, 11) is 1.65. The lowest BCUT2D eigenvalue weighted by Crippen LogP contribution is -2.43. The van der Waals surface area contributed by atoms with Crippen LogP contribution in [-0.2, 0) is 4.74 Å². The lowest BCUT2D eigenvalue weighted by Gasteiger charge is -2.31. The van der Waals surface area contributed by atoms with Gasteiger partial charge in [0, 0.05) is 50.3 Å². The van der Waals surface area contributed by atoms with Gasteiger partial charge in [0.25, 0.3) is 0 Å². The smallest absolute Gasteiger partial charge is 0.319 e. The van der Waals surface area contributed by atoms with Gasteiger partial charge in [0.05, 0.1) is 22.6 Å². The molecule has 3 aliphatic heterocycles. The van der Waals surface area contributed by atoms with E-state index in [0.29, 0.717) is 42.6 Å². The molecule has 222 valence electrons. The van der Waals surface area contributed by atoms with Crippen LogP contribution < -0.4 is 9.64 Å². The Morgan fingerprint density at radius 1 is 1.19 bits per heavy atom. The summed E-state index contributed by atoms with van der Waals surface area (Å²) in [6.45, 7) is 2.52. The molecule has 2 aromatic carbocycles. The van der Waals surface area contributed by atoms with Crippen molar-refractivity contribution in [1.29, 1.82) is 0 Å². The normalized spacial score (nSPS) is 23.7. The number of phenolic OH excluding ortho intramolecular Hbond substituents is 1. The molecule has 11 heteroatoms. The first-order valence-electron chi connectivity index (χ1n) is 14.4. The fourth-order valence-electron chi connectivity index (χ4n) is 7.03. The minimum atomic E-state index is -0.923. The molecule has 0 radical (unpaired) electrons. The largest absolute Gasteiger partial charge is 0.508 e. The second-order valence-electron chi connectivity index (χ2n) is 11.6. The maximum absolute atomic E-state index is 16.6. The molecule has 3 fully saturated rings.